The van der Waals surface area contributed by atoms with Gasteiger partial charge in [-0.25, -0.2) is 23.1 Å². The van der Waals surface area contributed by atoms with Gasteiger partial charge in [-0.15, -0.1) is 0 Å². The third-order valence-corrected chi connectivity index (χ3v) is 7.67. The van der Waals surface area contributed by atoms with E-state index in [4.69, 9.17) is 4.99 Å². The number of aromatic nitrogens is 2. The van der Waals surface area contributed by atoms with Gasteiger partial charge in [0.1, 0.15) is 5.82 Å². The average Bonchev–Trinajstić information content (AvgIpc) is 2.94. The number of rotatable bonds is 6. The molecule has 1 atom stereocenters. The van der Waals surface area contributed by atoms with Crippen molar-refractivity contribution in [3.8, 4) is 0 Å². The Morgan fingerprint density at radius 3 is 2.65 bits per heavy atom. The number of anilines is 1. The molecule has 1 aliphatic carbocycles. The summed E-state index contributed by atoms with van der Waals surface area (Å²) in [4.78, 5) is 24.6. The first-order valence-corrected chi connectivity index (χ1v) is 13.8. The van der Waals surface area contributed by atoms with Crippen molar-refractivity contribution in [1.29, 1.82) is 0 Å². The number of aliphatic imine (C=N–C) groups is 1. The van der Waals surface area contributed by atoms with Gasteiger partial charge in [-0.05, 0) is 61.6 Å². The smallest absolute Gasteiger partial charge is 0.261 e. The third-order valence-electron chi connectivity index (χ3n) is 7.67. The van der Waals surface area contributed by atoms with E-state index >= 15 is 0 Å². The van der Waals surface area contributed by atoms with Crippen LogP contribution in [0, 0.1) is 5.82 Å². The van der Waals surface area contributed by atoms with Gasteiger partial charge in [-0.2, -0.15) is 0 Å². The molecule has 5 rings (SSSR count). The van der Waals surface area contributed by atoms with Crippen molar-refractivity contribution in [3.63, 3.8) is 0 Å². The molecule has 11 heteroatoms. The Balaban J connectivity index is 1.32. The molecule has 2 aromatic carbocycles. The second-order valence-corrected chi connectivity index (χ2v) is 10.7. The number of hydrogen-bond acceptors (Lipinski definition) is 5. The minimum Gasteiger partial charge on any atom is -0.389 e. The molecule has 0 amide bonds. The van der Waals surface area contributed by atoms with E-state index in [2.05, 4.69) is 20.5 Å². The number of benzene rings is 2. The summed E-state index contributed by atoms with van der Waals surface area (Å²) in [5.41, 5.74) is 1.95. The van der Waals surface area contributed by atoms with Gasteiger partial charge in [0.05, 0.1) is 29.4 Å². The van der Waals surface area contributed by atoms with Crippen molar-refractivity contribution >= 4 is 22.5 Å². The average molecular weight is 557 g/mol. The number of aliphatic hydroxyl groups is 1. The summed E-state index contributed by atoms with van der Waals surface area (Å²) >= 11 is 0. The van der Waals surface area contributed by atoms with Crippen LogP contribution in [0.5, 0.6) is 0 Å². The Morgan fingerprint density at radius 2 is 1.95 bits per heavy atom. The summed E-state index contributed by atoms with van der Waals surface area (Å²) < 4.78 is 43.3. The zero-order chi connectivity index (χ0) is 28.3. The standard InChI is InChI=1S/C29H35F3N6O2/c1-19(39)21-3-2-20(25(30)16-21)8-13-38-18-34-26-17-23(4-5-24(26)27(38)40)36-28(37-14-11-33-12-15-37)35-22-6-9-29(31,32)10-7-22/h2-5,16-19,22,33,39H,6-15H2,1H3,(H,35,36). The maximum Gasteiger partial charge on any atom is 0.261 e. The van der Waals surface area contributed by atoms with Gasteiger partial charge >= 0.3 is 0 Å². The third kappa shape index (κ3) is 6.64. The molecular weight excluding hydrogens is 521 g/mol. The maximum absolute atomic E-state index is 14.5. The SMILES string of the molecule is CC(O)c1ccc(CCn2cnc3cc(N/C(=N/C4CCC(F)(F)CC4)N4CCNCC4)ccc3c2=O)c(F)c1. The lowest BCUT2D eigenvalue weighted by atomic mass is 9.93. The van der Waals surface area contributed by atoms with Gasteiger partial charge in [0.15, 0.2) is 5.96 Å². The number of nitrogens with zero attached hydrogens (tertiary/aromatic N) is 4. The Bertz CT molecular complexity index is 1430. The molecule has 2 aliphatic rings. The molecule has 1 aliphatic heterocycles. The van der Waals surface area contributed by atoms with Gasteiger partial charge in [0.2, 0.25) is 5.92 Å². The highest BCUT2D eigenvalue weighted by Crippen LogP contribution is 2.34. The van der Waals surface area contributed by atoms with Crippen molar-refractivity contribution in [3.05, 3.63) is 70.0 Å². The molecule has 3 N–H and O–H groups in total. The number of alkyl halides is 2. The predicted octanol–water partition coefficient (Wildman–Crippen LogP) is 4.08. The summed E-state index contributed by atoms with van der Waals surface area (Å²) in [5.74, 6) is -2.38. The van der Waals surface area contributed by atoms with Gasteiger partial charge in [0.25, 0.3) is 5.56 Å². The monoisotopic (exact) mass is 556 g/mol. The summed E-state index contributed by atoms with van der Waals surface area (Å²) in [5, 5.41) is 16.8. The van der Waals surface area contributed by atoms with Gasteiger partial charge < -0.3 is 20.6 Å². The molecule has 0 bridgehead atoms. The zero-order valence-electron chi connectivity index (χ0n) is 22.5. The van der Waals surface area contributed by atoms with E-state index in [-0.39, 0.29) is 31.0 Å². The second kappa shape index (κ2) is 12.0. The number of halogens is 3. The number of nitrogens with one attached hydrogen (secondary N) is 2. The zero-order valence-corrected chi connectivity index (χ0v) is 22.5. The van der Waals surface area contributed by atoms with E-state index in [1.54, 1.807) is 37.3 Å². The van der Waals surface area contributed by atoms with Crippen molar-refractivity contribution in [2.24, 2.45) is 4.99 Å². The Labute approximate surface area is 230 Å². The lowest BCUT2D eigenvalue weighted by molar-refractivity contribution is -0.0374. The van der Waals surface area contributed by atoms with E-state index in [1.807, 2.05) is 0 Å². The number of aryl methyl sites for hydroxylation is 2. The second-order valence-electron chi connectivity index (χ2n) is 10.7. The van der Waals surface area contributed by atoms with Crippen LogP contribution in [0.2, 0.25) is 0 Å². The number of aliphatic hydroxyl groups excluding tert-OH is 1. The van der Waals surface area contributed by atoms with Crippen molar-refractivity contribution in [2.75, 3.05) is 31.5 Å². The van der Waals surface area contributed by atoms with Crippen LogP contribution in [0.15, 0.2) is 52.5 Å². The molecular formula is C29H35F3N6O2. The summed E-state index contributed by atoms with van der Waals surface area (Å²) in [6.45, 7) is 4.93. The van der Waals surface area contributed by atoms with Crippen molar-refractivity contribution in [2.45, 2.75) is 63.6 Å². The highest BCUT2D eigenvalue weighted by atomic mass is 19.3. The first-order valence-electron chi connectivity index (χ1n) is 13.8. The van der Waals surface area contributed by atoms with Crippen LogP contribution < -0.4 is 16.2 Å². The van der Waals surface area contributed by atoms with Crippen LogP contribution >= 0.6 is 0 Å². The highest BCUT2D eigenvalue weighted by molar-refractivity contribution is 5.95. The fourth-order valence-corrected chi connectivity index (χ4v) is 5.19. The van der Waals surface area contributed by atoms with Crippen LogP contribution in [0.4, 0.5) is 18.9 Å². The van der Waals surface area contributed by atoms with E-state index < -0.39 is 17.8 Å². The topological polar surface area (TPSA) is 94.8 Å². The molecule has 1 aromatic heterocycles. The largest absolute Gasteiger partial charge is 0.389 e. The lowest BCUT2D eigenvalue weighted by Gasteiger charge is -2.33. The van der Waals surface area contributed by atoms with E-state index in [1.165, 1.54) is 17.0 Å². The fourth-order valence-electron chi connectivity index (χ4n) is 5.19. The van der Waals surface area contributed by atoms with Crippen LogP contribution in [-0.4, -0.2) is 63.7 Å². The normalized spacial score (nSPS) is 19.1. The summed E-state index contributed by atoms with van der Waals surface area (Å²) in [7, 11) is 0. The van der Waals surface area contributed by atoms with E-state index in [0.717, 1.165) is 26.2 Å². The maximum atomic E-state index is 14.5. The predicted molar refractivity (Wildman–Crippen MR) is 149 cm³/mol. The molecule has 214 valence electrons. The van der Waals surface area contributed by atoms with Crippen LogP contribution in [-0.2, 0) is 13.0 Å². The number of piperazine rings is 1. The highest BCUT2D eigenvalue weighted by Gasteiger charge is 2.35. The molecule has 0 spiro atoms. The van der Waals surface area contributed by atoms with Crippen LogP contribution in [0.25, 0.3) is 10.9 Å². The van der Waals surface area contributed by atoms with E-state index in [9.17, 15) is 23.1 Å². The quantitative estimate of drug-likeness (QED) is 0.313. The van der Waals surface area contributed by atoms with Gasteiger partial charge in [-0.1, -0.05) is 12.1 Å². The molecule has 8 nitrogen and oxygen atoms in total. The molecule has 1 unspecified atom stereocenters. The Kier molecular flexibility index (Phi) is 8.41. The number of guanidine groups is 1. The number of fused-ring (bicyclic) bond motifs is 1. The first kappa shape index (κ1) is 28.1. The lowest BCUT2D eigenvalue weighted by Crippen LogP contribution is -2.49. The molecule has 2 fully saturated rings. The molecule has 3 aromatic rings. The summed E-state index contributed by atoms with van der Waals surface area (Å²) in [6, 6.07) is 9.73. The number of hydrogen-bond donors (Lipinski definition) is 3. The molecule has 0 radical (unpaired) electrons. The van der Waals surface area contributed by atoms with E-state index in [0.29, 0.717) is 52.9 Å². The molecule has 2 heterocycles. The van der Waals surface area contributed by atoms with Crippen LogP contribution in [0.1, 0.15) is 49.8 Å². The minimum absolute atomic E-state index is 0.151. The molecule has 40 heavy (non-hydrogen) atoms. The van der Waals surface area contributed by atoms with Gasteiger partial charge in [-0.3, -0.25) is 9.36 Å². The van der Waals surface area contributed by atoms with Crippen molar-refractivity contribution in [1.82, 2.24) is 19.8 Å². The summed E-state index contributed by atoms with van der Waals surface area (Å²) in [6.07, 6.45) is 1.40. The minimum atomic E-state index is -2.61. The Morgan fingerprint density at radius 1 is 1.20 bits per heavy atom. The Hall–Kier alpha value is -3.44. The fraction of sp³-hybridized carbons (Fsp3) is 0.483. The molecule has 1 saturated heterocycles. The van der Waals surface area contributed by atoms with Crippen LogP contribution in [0.3, 0.4) is 0 Å². The molecule has 1 saturated carbocycles. The first-order chi connectivity index (χ1) is 19.2. The van der Waals surface area contributed by atoms with Gasteiger partial charge in [0, 0.05) is 51.3 Å². The van der Waals surface area contributed by atoms with Crippen molar-refractivity contribution < 1.29 is 18.3 Å².